The SMILES string of the molecule is O=C(COc1ccccc1)NC(=S)Nc1ccccc1C(=O)O. The van der Waals surface area contributed by atoms with Crippen molar-refractivity contribution in [1.82, 2.24) is 5.32 Å². The first-order chi connectivity index (χ1) is 11.1. The van der Waals surface area contributed by atoms with Gasteiger partial charge in [0.15, 0.2) is 11.7 Å². The molecule has 0 aromatic heterocycles. The van der Waals surface area contributed by atoms with Gasteiger partial charge < -0.3 is 15.2 Å². The molecule has 0 unspecified atom stereocenters. The number of hydrogen-bond donors (Lipinski definition) is 3. The van der Waals surface area contributed by atoms with Gasteiger partial charge in [-0.3, -0.25) is 10.1 Å². The Balaban J connectivity index is 1.87. The molecule has 2 aromatic rings. The molecule has 0 aliphatic heterocycles. The minimum absolute atomic E-state index is 0.000335. The number of amides is 1. The summed E-state index contributed by atoms with van der Waals surface area (Å²) in [5, 5.41) is 14.2. The number of carboxylic acid groups (broad SMARTS) is 1. The van der Waals surface area contributed by atoms with Gasteiger partial charge in [0.25, 0.3) is 5.91 Å². The molecule has 1 amide bonds. The number of carboxylic acids is 1. The average molecular weight is 330 g/mol. The number of ether oxygens (including phenoxy) is 1. The number of para-hydroxylation sites is 2. The summed E-state index contributed by atoms with van der Waals surface area (Å²) < 4.78 is 5.29. The lowest BCUT2D eigenvalue weighted by Gasteiger charge is -2.12. The van der Waals surface area contributed by atoms with Gasteiger partial charge in [-0.05, 0) is 36.5 Å². The molecule has 0 spiro atoms. The second-order valence-corrected chi connectivity index (χ2v) is 4.86. The van der Waals surface area contributed by atoms with Crippen LogP contribution in [0, 0.1) is 0 Å². The van der Waals surface area contributed by atoms with E-state index in [4.69, 9.17) is 22.1 Å². The summed E-state index contributed by atoms with van der Waals surface area (Å²) in [5.41, 5.74) is 0.360. The highest BCUT2D eigenvalue weighted by Crippen LogP contribution is 2.14. The van der Waals surface area contributed by atoms with E-state index in [1.807, 2.05) is 6.07 Å². The van der Waals surface area contributed by atoms with E-state index in [9.17, 15) is 9.59 Å². The molecule has 0 radical (unpaired) electrons. The van der Waals surface area contributed by atoms with Crippen LogP contribution in [0.1, 0.15) is 10.4 Å². The smallest absolute Gasteiger partial charge is 0.337 e. The number of rotatable bonds is 5. The monoisotopic (exact) mass is 330 g/mol. The molecule has 23 heavy (non-hydrogen) atoms. The van der Waals surface area contributed by atoms with Crippen LogP contribution in [0.4, 0.5) is 5.69 Å². The third-order valence-electron chi connectivity index (χ3n) is 2.77. The summed E-state index contributed by atoms with van der Waals surface area (Å²) in [6.07, 6.45) is 0. The van der Waals surface area contributed by atoms with Gasteiger partial charge in [-0.2, -0.15) is 0 Å². The summed E-state index contributed by atoms with van der Waals surface area (Å²) in [6.45, 7) is -0.202. The second-order valence-electron chi connectivity index (χ2n) is 4.45. The van der Waals surface area contributed by atoms with E-state index >= 15 is 0 Å². The highest BCUT2D eigenvalue weighted by Gasteiger charge is 2.11. The van der Waals surface area contributed by atoms with Gasteiger partial charge in [0.05, 0.1) is 11.3 Å². The van der Waals surface area contributed by atoms with Crippen LogP contribution in [0.5, 0.6) is 5.75 Å². The van der Waals surface area contributed by atoms with Crippen molar-refractivity contribution in [2.75, 3.05) is 11.9 Å². The summed E-state index contributed by atoms with van der Waals surface area (Å²) in [6, 6.07) is 15.1. The van der Waals surface area contributed by atoms with Crippen molar-refractivity contribution in [2.45, 2.75) is 0 Å². The first-order valence-electron chi connectivity index (χ1n) is 6.67. The maximum absolute atomic E-state index is 11.8. The molecule has 0 fully saturated rings. The largest absolute Gasteiger partial charge is 0.484 e. The van der Waals surface area contributed by atoms with E-state index in [1.165, 1.54) is 6.07 Å². The van der Waals surface area contributed by atoms with Crippen LogP contribution in [0.25, 0.3) is 0 Å². The number of thiocarbonyl (C=S) groups is 1. The van der Waals surface area contributed by atoms with Gasteiger partial charge >= 0.3 is 5.97 Å². The second kappa shape index (κ2) is 7.90. The molecule has 0 atom stereocenters. The summed E-state index contributed by atoms with van der Waals surface area (Å²) in [5.74, 6) is -0.966. The lowest BCUT2D eigenvalue weighted by molar-refractivity contribution is -0.121. The van der Waals surface area contributed by atoms with Gasteiger partial charge in [0.2, 0.25) is 0 Å². The third-order valence-corrected chi connectivity index (χ3v) is 2.98. The topological polar surface area (TPSA) is 87.7 Å². The molecule has 0 saturated carbocycles. The Kier molecular flexibility index (Phi) is 5.65. The third kappa shape index (κ3) is 5.08. The Morgan fingerprint density at radius 1 is 1.04 bits per heavy atom. The van der Waals surface area contributed by atoms with E-state index in [0.717, 1.165) is 0 Å². The lowest BCUT2D eigenvalue weighted by atomic mass is 10.2. The minimum atomic E-state index is -1.09. The zero-order chi connectivity index (χ0) is 16.7. The summed E-state index contributed by atoms with van der Waals surface area (Å²) in [7, 11) is 0. The van der Waals surface area contributed by atoms with E-state index in [0.29, 0.717) is 11.4 Å². The normalized spacial score (nSPS) is 9.74. The number of nitrogens with one attached hydrogen (secondary N) is 2. The fourth-order valence-electron chi connectivity index (χ4n) is 1.76. The van der Waals surface area contributed by atoms with E-state index in [2.05, 4.69) is 10.6 Å². The van der Waals surface area contributed by atoms with Crippen molar-refractivity contribution in [3.05, 3.63) is 60.2 Å². The Hall–Kier alpha value is -2.93. The van der Waals surface area contributed by atoms with Crippen molar-refractivity contribution >= 4 is 34.9 Å². The molecule has 118 valence electrons. The van der Waals surface area contributed by atoms with Crippen LogP contribution in [0.2, 0.25) is 0 Å². The standard InChI is InChI=1S/C16H14N2O4S/c19-14(10-22-11-6-2-1-3-7-11)18-16(23)17-13-9-5-4-8-12(13)15(20)21/h1-9H,10H2,(H,20,21)(H2,17,18,19,23). The van der Waals surface area contributed by atoms with Crippen LogP contribution in [-0.2, 0) is 4.79 Å². The maximum Gasteiger partial charge on any atom is 0.337 e. The molecule has 2 rings (SSSR count). The molecule has 3 N–H and O–H groups in total. The van der Waals surface area contributed by atoms with E-state index < -0.39 is 11.9 Å². The van der Waals surface area contributed by atoms with Gasteiger partial charge in [-0.25, -0.2) is 4.79 Å². The van der Waals surface area contributed by atoms with E-state index in [-0.39, 0.29) is 17.3 Å². The molecule has 0 bridgehead atoms. The lowest BCUT2D eigenvalue weighted by Crippen LogP contribution is -2.37. The fourth-order valence-corrected chi connectivity index (χ4v) is 1.98. The first kappa shape index (κ1) is 16.4. The number of carbonyl (C=O) groups excluding carboxylic acids is 1. The number of hydrogen-bond acceptors (Lipinski definition) is 4. The quantitative estimate of drug-likeness (QED) is 0.729. The predicted octanol–water partition coefficient (Wildman–Crippen LogP) is 2.28. The van der Waals surface area contributed by atoms with Crippen LogP contribution < -0.4 is 15.4 Å². The number of aromatic carboxylic acids is 1. The van der Waals surface area contributed by atoms with Gasteiger partial charge in [0, 0.05) is 0 Å². The van der Waals surface area contributed by atoms with Gasteiger partial charge in [-0.1, -0.05) is 30.3 Å². The molecule has 0 aliphatic rings. The van der Waals surface area contributed by atoms with Crippen molar-refractivity contribution < 1.29 is 19.4 Å². The highest BCUT2D eigenvalue weighted by atomic mass is 32.1. The van der Waals surface area contributed by atoms with Gasteiger partial charge in [-0.15, -0.1) is 0 Å². The zero-order valence-corrected chi connectivity index (χ0v) is 12.8. The van der Waals surface area contributed by atoms with Crippen molar-refractivity contribution in [2.24, 2.45) is 0 Å². The molecular formula is C16H14N2O4S. The molecule has 0 heterocycles. The van der Waals surface area contributed by atoms with Crippen LogP contribution in [0.15, 0.2) is 54.6 Å². The van der Waals surface area contributed by atoms with Crippen LogP contribution in [-0.4, -0.2) is 28.7 Å². The average Bonchev–Trinajstić information content (AvgIpc) is 2.54. The number of anilines is 1. The summed E-state index contributed by atoms with van der Waals surface area (Å²) >= 11 is 5.00. The molecular weight excluding hydrogens is 316 g/mol. The fraction of sp³-hybridized carbons (Fsp3) is 0.0625. The first-order valence-corrected chi connectivity index (χ1v) is 7.08. The molecule has 7 heteroatoms. The zero-order valence-electron chi connectivity index (χ0n) is 12.0. The molecule has 0 aliphatic carbocycles. The number of benzene rings is 2. The Bertz CT molecular complexity index is 719. The Morgan fingerprint density at radius 3 is 2.39 bits per heavy atom. The van der Waals surface area contributed by atoms with Crippen molar-refractivity contribution in [3.63, 3.8) is 0 Å². The van der Waals surface area contributed by atoms with Crippen LogP contribution in [0.3, 0.4) is 0 Å². The minimum Gasteiger partial charge on any atom is -0.484 e. The highest BCUT2D eigenvalue weighted by molar-refractivity contribution is 7.80. The van der Waals surface area contributed by atoms with E-state index in [1.54, 1.807) is 42.5 Å². The van der Waals surface area contributed by atoms with Gasteiger partial charge in [0.1, 0.15) is 5.75 Å². The van der Waals surface area contributed by atoms with Crippen molar-refractivity contribution in [3.8, 4) is 5.75 Å². The predicted molar refractivity (Wildman–Crippen MR) is 89.7 cm³/mol. The summed E-state index contributed by atoms with van der Waals surface area (Å²) in [4.78, 5) is 22.9. The van der Waals surface area contributed by atoms with Crippen LogP contribution >= 0.6 is 12.2 Å². The maximum atomic E-state index is 11.8. The Morgan fingerprint density at radius 2 is 1.70 bits per heavy atom. The number of carbonyl (C=O) groups is 2. The molecule has 6 nitrogen and oxygen atoms in total. The molecule has 0 saturated heterocycles. The molecule has 2 aromatic carbocycles. The Labute approximate surface area is 138 Å². The van der Waals surface area contributed by atoms with Crippen molar-refractivity contribution in [1.29, 1.82) is 0 Å².